The van der Waals surface area contributed by atoms with Crippen LogP contribution in [0.4, 0.5) is 0 Å². The first-order chi connectivity index (χ1) is 8.03. The number of hydrogen-bond acceptors (Lipinski definition) is 4. The first-order valence-corrected chi connectivity index (χ1v) is 7.52. The predicted molar refractivity (Wildman–Crippen MR) is 66.1 cm³/mol. The van der Waals surface area contributed by atoms with Crippen LogP contribution in [0, 0.1) is 5.92 Å². The monoisotopic (exact) mass is 255 g/mol. The van der Waals surface area contributed by atoms with Gasteiger partial charge in [0.15, 0.2) is 9.84 Å². The van der Waals surface area contributed by atoms with Crippen LogP contribution in [0.1, 0.15) is 23.7 Å². The SMILES string of the molecule is NCc1ccccc1C(O)C1CCS(=O)(=O)C1. The van der Waals surface area contributed by atoms with Gasteiger partial charge in [0.25, 0.3) is 0 Å². The quantitative estimate of drug-likeness (QED) is 0.829. The van der Waals surface area contributed by atoms with Gasteiger partial charge < -0.3 is 10.8 Å². The molecular weight excluding hydrogens is 238 g/mol. The molecule has 0 bridgehead atoms. The molecule has 5 heteroatoms. The summed E-state index contributed by atoms with van der Waals surface area (Å²) in [5.41, 5.74) is 7.25. The number of sulfone groups is 1. The molecule has 2 atom stereocenters. The third kappa shape index (κ3) is 2.68. The van der Waals surface area contributed by atoms with Gasteiger partial charge >= 0.3 is 0 Å². The minimum Gasteiger partial charge on any atom is -0.388 e. The lowest BCUT2D eigenvalue weighted by molar-refractivity contribution is 0.120. The summed E-state index contributed by atoms with van der Waals surface area (Å²) < 4.78 is 22.8. The van der Waals surface area contributed by atoms with E-state index in [2.05, 4.69) is 0 Å². The second kappa shape index (κ2) is 4.76. The summed E-state index contributed by atoms with van der Waals surface area (Å²) in [6, 6.07) is 7.38. The first-order valence-electron chi connectivity index (χ1n) is 5.70. The molecule has 0 aliphatic carbocycles. The highest BCUT2D eigenvalue weighted by atomic mass is 32.2. The maximum Gasteiger partial charge on any atom is 0.150 e. The zero-order chi connectivity index (χ0) is 12.5. The highest BCUT2D eigenvalue weighted by Gasteiger charge is 2.34. The van der Waals surface area contributed by atoms with Crippen LogP contribution in [-0.2, 0) is 16.4 Å². The van der Waals surface area contributed by atoms with E-state index in [4.69, 9.17) is 5.73 Å². The van der Waals surface area contributed by atoms with E-state index in [0.29, 0.717) is 13.0 Å². The second-order valence-electron chi connectivity index (χ2n) is 4.51. The highest BCUT2D eigenvalue weighted by molar-refractivity contribution is 7.91. The summed E-state index contributed by atoms with van der Waals surface area (Å²) in [6.07, 6.45) is -0.199. The molecule has 1 aliphatic rings. The molecule has 1 heterocycles. The summed E-state index contributed by atoms with van der Waals surface area (Å²) in [6.45, 7) is 0.354. The van der Waals surface area contributed by atoms with Crippen LogP contribution in [0.15, 0.2) is 24.3 Å². The molecule has 4 nitrogen and oxygen atoms in total. The van der Waals surface area contributed by atoms with E-state index in [0.717, 1.165) is 11.1 Å². The smallest absolute Gasteiger partial charge is 0.150 e. The molecule has 17 heavy (non-hydrogen) atoms. The number of benzene rings is 1. The van der Waals surface area contributed by atoms with Crippen molar-refractivity contribution in [3.63, 3.8) is 0 Å². The summed E-state index contributed by atoms with van der Waals surface area (Å²) in [4.78, 5) is 0. The van der Waals surface area contributed by atoms with Gasteiger partial charge in [0.05, 0.1) is 17.6 Å². The Morgan fingerprint density at radius 2 is 2.12 bits per heavy atom. The average Bonchev–Trinajstić information content (AvgIpc) is 2.68. The predicted octanol–water partition coefficient (Wildman–Crippen LogP) is 0.613. The lowest BCUT2D eigenvalue weighted by Gasteiger charge is -2.19. The molecule has 1 aromatic rings. The molecule has 1 fully saturated rings. The molecule has 94 valence electrons. The third-order valence-electron chi connectivity index (χ3n) is 3.31. The van der Waals surface area contributed by atoms with Crippen LogP contribution in [0.3, 0.4) is 0 Å². The van der Waals surface area contributed by atoms with Crippen molar-refractivity contribution < 1.29 is 13.5 Å². The van der Waals surface area contributed by atoms with Crippen molar-refractivity contribution >= 4 is 9.84 Å². The Kier molecular flexibility index (Phi) is 3.51. The van der Waals surface area contributed by atoms with E-state index in [1.807, 2.05) is 24.3 Å². The Bertz CT molecular complexity index is 498. The average molecular weight is 255 g/mol. The van der Waals surface area contributed by atoms with Gasteiger partial charge in [0.2, 0.25) is 0 Å². The molecule has 1 saturated heterocycles. The molecule has 1 aromatic carbocycles. The van der Waals surface area contributed by atoms with Crippen molar-refractivity contribution in [1.82, 2.24) is 0 Å². The van der Waals surface area contributed by atoms with Crippen LogP contribution in [0.25, 0.3) is 0 Å². The zero-order valence-corrected chi connectivity index (χ0v) is 10.4. The standard InChI is InChI=1S/C12H17NO3S/c13-7-9-3-1-2-4-11(9)12(14)10-5-6-17(15,16)8-10/h1-4,10,12,14H,5-8,13H2. The van der Waals surface area contributed by atoms with Crippen molar-refractivity contribution in [3.8, 4) is 0 Å². The van der Waals surface area contributed by atoms with Gasteiger partial charge in [-0.2, -0.15) is 0 Å². The Labute approximate surface area is 101 Å². The molecule has 0 saturated carbocycles. The van der Waals surface area contributed by atoms with Gasteiger partial charge in [0.1, 0.15) is 0 Å². The third-order valence-corrected chi connectivity index (χ3v) is 5.10. The largest absolute Gasteiger partial charge is 0.388 e. The molecular formula is C12H17NO3S. The number of aliphatic hydroxyl groups excluding tert-OH is 1. The van der Waals surface area contributed by atoms with E-state index in [1.165, 1.54) is 0 Å². The van der Waals surface area contributed by atoms with Gasteiger partial charge in [-0.25, -0.2) is 8.42 Å². The summed E-state index contributed by atoms with van der Waals surface area (Å²) in [5.74, 6) is 0.0553. The van der Waals surface area contributed by atoms with Gasteiger partial charge in [0, 0.05) is 12.5 Å². The lowest BCUT2D eigenvalue weighted by Crippen LogP contribution is -2.16. The molecule has 3 N–H and O–H groups in total. The Morgan fingerprint density at radius 3 is 2.71 bits per heavy atom. The minimum atomic E-state index is -2.96. The molecule has 1 aliphatic heterocycles. The summed E-state index contributed by atoms with van der Waals surface area (Å²) in [7, 11) is -2.96. The van der Waals surface area contributed by atoms with Crippen molar-refractivity contribution in [3.05, 3.63) is 35.4 Å². The number of hydrogen-bond donors (Lipinski definition) is 2. The normalized spacial score (nSPS) is 24.7. The summed E-state index contributed by atoms with van der Waals surface area (Å²) >= 11 is 0. The van der Waals surface area contributed by atoms with Gasteiger partial charge in [-0.05, 0) is 17.5 Å². The second-order valence-corrected chi connectivity index (χ2v) is 6.74. The van der Waals surface area contributed by atoms with Crippen LogP contribution < -0.4 is 5.73 Å². The molecule has 0 amide bonds. The van der Waals surface area contributed by atoms with E-state index in [-0.39, 0.29) is 17.4 Å². The number of rotatable bonds is 3. The fourth-order valence-electron chi connectivity index (χ4n) is 2.34. The Balaban J connectivity index is 2.23. The Hall–Kier alpha value is -0.910. The van der Waals surface area contributed by atoms with E-state index in [1.54, 1.807) is 0 Å². The van der Waals surface area contributed by atoms with Crippen LogP contribution in [0.5, 0.6) is 0 Å². The zero-order valence-electron chi connectivity index (χ0n) is 9.54. The summed E-state index contributed by atoms with van der Waals surface area (Å²) in [5, 5.41) is 10.2. The minimum absolute atomic E-state index is 0.0765. The van der Waals surface area contributed by atoms with Crippen molar-refractivity contribution in [2.24, 2.45) is 11.7 Å². The molecule has 2 unspecified atom stereocenters. The number of nitrogens with two attached hydrogens (primary N) is 1. The van der Waals surface area contributed by atoms with Crippen molar-refractivity contribution in [1.29, 1.82) is 0 Å². The van der Waals surface area contributed by atoms with Gasteiger partial charge in [-0.3, -0.25) is 0 Å². The van der Waals surface area contributed by atoms with E-state index >= 15 is 0 Å². The maximum absolute atomic E-state index is 11.4. The highest BCUT2D eigenvalue weighted by Crippen LogP contribution is 2.32. The van der Waals surface area contributed by atoms with Crippen molar-refractivity contribution in [2.45, 2.75) is 19.1 Å². The van der Waals surface area contributed by atoms with Gasteiger partial charge in [-0.1, -0.05) is 24.3 Å². The lowest BCUT2D eigenvalue weighted by atomic mass is 9.92. The van der Waals surface area contributed by atoms with Crippen LogP contribution in [0.2, 0.25) is 0 Å². The fourth-order valence-corrected chi connectivity index (χ4v) is 4.17. The first kappa shape index (κ1) is 12.5. The molecule has 2 rings (SSSR count). The topological polar surface area (TPSA) is 80.4 Å². The van der Waals surface area contributed by atoms with E-state index in [9.17, 15) is 13.5 Å². The fraction of sp³-hybridized carbons (Fsp3) is 0.500. The van der Waals surface area contributed by atoms with E-state index < -0.39 is 15.9 Å². The van der Waals surface area contributed by atoms with Crippen LogP contribution >= 0.6 is 0 Å². The number of aliphatic hydroxyl groups is 1. The Morgan fingerprint density at radius 1 is 1.41 bits per heavy atom. The molecule has 0 aromatic heterocycles. The maximum atomic E-state index is 11.4. The van der Waals surface area contributed by atoms with Crippen molar-refractivity contribution in [2.75, 3.05) is 11.5 Å². The molecule has 0 spiro atoms. The molecule has 0 radical (unpaired) electrons. The van der Waals surface area contributed by atoms with Crippen LogP contribution in [-0.4, -0.2) is 25.0 Å². The van der Waals surface area contributed by atoms with Gasteiger partial charge in [-0.15, -0.1) is 0 Å².